The molecule has 10 nitrogen and oxygen atoms in total. The van der Waals surface area contributed by atoms with Crippen LogP contribution in [0, 0.1) is 0 Å². The molecule has 2 aromatic rings. The van der Waals surface area contributed by atoms with E-state index in [1.807, 2.05) is 20.8 Å². The van der Waals surface area contributed by atoms with Crippen LogP contribution < -0.4 is 14.8 Å². The molecule has 0 spiro atoms. The number of likely N-dealkylation sites (tertiary alicyclic amines) is 1. The van der Waals surface area contributed by atoms with Crippen LogP contribution >= 0.6 is 11.8 Å². The summed E-state index contributed by atoms with van der Waals surface area (Å²) in [6, 6.07) is 8.63. The lowest BCUT2D eigenvalue weighted by Crippen LogP contribution is -2.44. The molecule has 0 aliphatic carbocycles. The van der Waals surface area contributed by atoms with Crippen LogP contribution in [0.5, 0.6) is 17.5 Å². The van der Waals surface area contributed by atoms with Gasteiger partial charge in [-0.2, -0.15) is 0 Å². The average Bonchev–Trinajstić information content (AvgIpc) is 3.11. The third-order valence-corrected chi connectivity index (χ3v) is 5.85. The van der Waals surface area contributed by atoms with Crippen LogP contribution in [0.4, 0.5) is 9.59 Å². The van der Waals surface area contributed by atoms with Crippen LogP contribution in [0.1, 0.15) is 39.2 Å². The van der Waals surface area contributed by atoms with Crippen LogP contribution in [0.25, 0.3) is 6.08 Å². The van der Waals surface area contributed by atoms with E-state index in [9.17, 15) is 14.4 Å². The molecular formula is C24H26N4O6S. The SMILES string of the molecule is CC(C)(C)OC(=O)N1CCC(Oc2cc(Oc3ccc(C=C4SC(=O)NC4=O)cc3)ncn2)CC1. The summed E-state index contributed by atoms with van der Waals surface area (Å²) in [7, 11) is 0. The van der Waals surface area contributed by atoms with E-state index in [2.05, 4.69) is 15.3 Å². The first kappa shape index (κ1) is 24.5. The van der Waals surface area contributed by atoms with Crippen molar-refractivity contribution >= 4 is 35.1 Å². The number of hydrogen-bond donors (Lipinski definition) is 1. The first-order valence-electron chi connectivity index (χ1n) is 11.1. The largest absolute Gasteiger partial charge is 0.474 e. The number of nitrogens with one attached hydrogen (secondary N) is 1. The van der Waals surface area contributed by atoms with Crippen LogP contribution in [-0.2, 0) is 9.53 Å². The summed E-state index contributed by atoms with van der Waals surface area (Å²) < 4.78 is 17.2. The Kier molecular flexibility index (Phi) is 7.25. The van der Waals surface area contributed by atoms with Gasteiger partial charge in [-0.1, -0.05) is 12.1 Å². The zero-order valence-electron chi connectivity index (χ0n) is 19.6. The summed E-state index contributed by atoms with van der Waals surface area (Å²) >= 11 is 0.868. The summed E-state index contributed by atoms with van der Waals surface area (Å²) in [5, 5.41) is 1.85. The molecule has 0 saturated carbocycles. The van der Waals surface area contributed by atoms with Gasteiger partial charge in [0, 0.05) is 25.9 Å². The predicted octanol–water partition coefficient (Wildman–Crippen LogP) is 4.37. The normalized spacial score (nSPS) is 17.9. The molecule has 0 unspecified atom stereocenters. The molecular weight excluding hydrogens is 472 g/mol. The first-order chi connectivity index (χ1) is 16.6. The fraction of sp³-hybridized carbons (Fsp3) is 0.375. The molecule has 1 aromatic heterocycles. The van der Waals surface area contributed by atoms with Gasteiger partial charge in [-0.05, 0) is 56.3 Å². The van der Waals surface area contributed by atoms with Crippen molar-refractivity contribution in [3.05, 3.63) is 47.1 Å². The number of ether oxygens (including phenoxy) is 3. The highest BCUT2D eigenvalue weighted by Crippen LogP contribution is 2.28. The Balaban J connectivity index is 1.30. The Morgan fingerprint density at radius 3 is 2.43 bits per heavy atom. The zero-order valence-corrected chi connectivity index (χ0v) is 20.5. The molecule has 0 bridgehead atoms. The molecule has 4 rings (SSSR count). The molecule has 1 aromatic carbocycles. The minimum absolute atomic E-state index is 0.0821. The van der Waals surface area contributed by atoms with Crippen molar-refractivity contribution in [1.82, 2.24) is 20.2 Å². The van der Waals surface area contributed by atoms with Crippen LogP contribution in [0.3, 0.4) is 0 Å². The van der Waals surface area contributed by atoms with E-state index in [1.165, 1.54) is 6.33 Å². The third-order valence-electron chi connectivity index (χ3n) is 5.04. The lowest BCUT2D eigenvalue weighted by atomic mass is 10.1. The number of rotatable bonds is 5. The Morgan fingerprint density at radius 2 is 1.80 bits per heavy atom. The second kappa shape index (κ2) is 10.3. The number of amides is 3. The summed E-state index contributed by atoms with van der Waals surface area (Å²) in [6.45, 7) is 6.63. The monoisotopic (exact) mass is 498 g/mol. The molecule has 2 saturated heterocycles. The van der Waals surface area contributed by atoms with Crippen molar-refractivity contribution in [2.75, 3.05) is 13.1 Å². The summed E-state index contributed by atoms with van der Waals surface area (Å²) in [4.78, 5) is 45.5. The number of carbonyl (C=O) groups is 3. The second-order valence-electron chi connectivity index (χ2n) is 9.00. The van der Waals surface area contributed by atoms with Gasteiger partial charge in [0.25, 0.3) is 11.1 Å². The number of carbonyl (C=O) groups excluding carboxylic acids is 3. The fourth-order valence-electron chi connectivity index (χ4n) is 3.42. The molecule has 11 heteroatoms. The van der Waals surface area contributed by atoms with E-state index in [-0.39, 0.29) is 17.4 Å². The van der Waals surface area contributed by atoms with Gasteiger partial charge in [0.1, 0.15) is 23.8 Å². The summed E-state index contributed by atoms with van der Waals surface area (Å²) in [5.74, 6) is 0.857. The van der Waals surface area contributed by atoms with Gasteiger partial charge in [0.05, 0.1) is 11.0 Å². The van der Waals surface area contributed by atoms with E-state index >= 15 is 0 Å². The van der Waals surface area contributed by atoms with Crippen LogP contribution in [0.2, 0.25) is 0 Å². The van der Waals surface area contributed by atoms with Crippen molar-refractivity contribution in [2.24, 2.45) is 0 Å². The lowest BCUT2D eigenvalue weighted by Gasteiger charge is -2.33. The van der Waals surface area contributed by atoms with E-state index in [1.54, 1.807) is 41.3 Å². The maximum Gasteiger partial charge on any atom is 0.410 e. The van der Waals surface area contributed by atoms with Crippen molar-refractivity contribution in [2.45, 2.75) is 45.3 Å². The van der Waals surface area contributed by atoms with E-state index in [0.717, 1.165) is 17.3 Å². The van der Waals surface area contributed by atoms with Gasteiger partial charge >= 0.3 is 6.09 Å². The van der Waals surface area contributed by atoms with Crippen LogP contribution in [0.15, 0.2) is 41.6 Å². The minimum atomic E-state index is -0.523. The maximum atomic E-state index is 12.2. The van der Waals surface area contributed by atoms with E-state index in [0.29, 0.717) is 48.3 Å². The Bertz CT molecular complexity index is 1140. The lowest BCUT2D eigenvalue weighted by molar-refractivity contribution is -0.115. The molecule has 35 heavy (non-hydrogen) atoms. The van der Waals surface area contributed by atoms with E-state index < -0.39 is 11.5 Å². The van der Waals surface area contributed by atoms with E-state index in [4.69, 9.17) is 14.2 Å². The Hall–Kier alpha value is -3.60. The highest BCUT2D eigenvalue weighted by atomic mass is 32.2. The number of aromatic nitrogens is 2. The third kappa shape index (κ3) is 6.95. The first-order valence-corrected chi connectivity index (χ1v) is 12.0. The number of imide groups is 1. The topological polar surface area (TPSA) is 120 Å². The molecule has 184 valence electrons. The second-order valence-corrected chi connectivity index (χ2v) is 10.0. The standard InChI is InChI=1S/C24H26N4O6S/c1-24(2,3)34-23(31)28-10-8-17(9-11-28)33-20-13-19(25-14-26-20)32-16-6-4-15(5-7-16)12-18-21(29)27-22(30)35-18/h4-7,12-14,17H,8-11H2,1-3H3,(H,27,29,30). The highest BCUT2D eigenvalue weighted by Gasteiger charge is 2.28. The van der Waals surface area contributed by atoms with Gasteiger partial charge in [0.2, 0.25) is 11.8 Å². The minimum Gasteiger partial charge on any atom is -0.474 e. The number of piperidine rings is 1. The van der Waals surface area contributed by atoms with Gasteiger partial charge in [-0.3, -0.25) is 14.9 Å². The quantitative estimate of drug-likeness (QED) is 0.599. The van der Waals surface area contributed by atoms with Crippen LogP contribution in [-0.4, -0.2) is 56.9 Å². The summed E-state index contributed by atoms with van der Waals surface area (Å²) in [6.07, 6.45) is 3.94. The van der Waals surface area contributed by atoms with Crippen molar-refractivity contribution in [3.8, 4) is 17.5 Å². The molecule has 1 N–H and O–H groups in total. The smallest absolute Gasteiger partial charge is 0.410 e. The highest BCUT2D eigenvalue weighted by molar-refractivity contribution is 8.18. The Morgan fingerprint density at radius 1 is 1.11 bits per heavy atom. The van der Waals surface area contributed by atoms with Crippen molar-refractivity contribution in [1.29, 1.82) is 0 Å². The number of hydrogen-bond acceptors (Lipinski definition) is 9. The molecule has 3 heterocycles. The van der Waals surface area contributed by atoms with Gasteiger partial charge in [-0.15, -0.1) is 0 Å². The van der Waals surface area contributed by atoms with Gasteiger partial charge in [0.15, 0.2) is 0 Å². The molecule has 2 aliphatic heterocycles. The Labute approximate surface area is 207 Å². The van der Waals surface area contributed by atoms with Gasteiger partial charge in [-0.25, -0.2) is 14.8 Å². The molecule has 0 radical (unpaired) electrons. The predicted molar refractivity (Wildman–Crippen MR) is 129 cm³/mol. The number of nitrogens with zero attached hydrogens (tertiary/aromatic N) is 3. The maximum absolute atomic E-state index is 12.2. The number of benzene rings is 1. The molecule has 2 aliphatic rings. The molecule has 3 amide bonds. The number of thioether (sulfide) groups is 1. The average molecular weight is 499 g/mol. The van der Waals surface area contributed by atoms with Crippen molar-refractivity contribution in [3.63, 3.8) is 0 Å². The molecule has 2 fully saturated rings. The molecule has 0 atom stereocenters. The fourth-order valence-corrected chi connectivity index (χ4v) is 4.10. The van der Waals surface area contributed by atoms with Crippen molar-refractivity contribution < 1.29 is 28.6 Å². The summed E-state index contributed by atoms with van der Waals surface area (Å²) in [5.41, 5.74) is 0.236. The van der Waals surface area contributed by atoms with Gasteiger partial charge < -0.3 is 19.1 Å². The zero-order chi connectivity index (χ0) is 25.0.